The van der Waals surface area contributed by atoms with Gasteiger partial charge >= 0.3 is 11.9 Å². The van der Waals surface area contributed by atoms with E-state index in [4.69, 9.17) is 15.4 Å². The van der Waals surface area contributed by atoms with Crippen molar-refractivity contribution in [1.82, 2.24) is 9.13 Å². The molecule has 1 aliphatic carbocycles. The topological polar surface area (TPSA) is 146 Å². The Kier molecular flexibility index (Phi) is 7.40. The van der Waals surface area contributed by atoms with E-state index in [1.54, 1.807) is 21.3 Å². The van der Waals surface area contributed by atoms with E-state index in [2.05, 4.69) is 10.5 Å². The van der Waals surface area contributed by atoms with E-state index in [9.17, 15) is 14.4 Å². The number of aliphatic carboxylic acids is 2. The number of nitrogens with zero attached hydrogens (tertiary/aromatic N) is 3. The molecule has 4 rings (SSSR count). The highest BCUT2D eigenvalue weighted by atomic mass is 16.4. The molecular weight excluding hydrogens is 440 g/mol. The number of nitrogens with one attached hydrogen (secondary N) is 1. The van der Waals surface area contributed by atoms with Crippen molar-refractivity contribution in [2.75, 3.05) is 5.32 Å². The van der Waals surface area contributed by atoms with E-state index in [1.165, 1.54) is 6.92 Å². The van der Waals surface area contributed by atoms with Crippen molar-refractivity contribution in [2.45, 2.75) is 53.1 Å². The van der Waals surface area contributed by atoms with Crippen LogP contribution in [0.5, 0.6) is 0 Å². The molecule has 0 saturated carbocycles. The Morgan fingerprint density at radius 2 is 1.65 bits per heavy atom. The molecule has 0 radical (unpaired) electrons. The van der Waals surface area contributed by atoms with Crippen LogP contribution in [-0.2, 0) is 33.9 Å². The highest BCUT2D eigenvalue weighted by molar-refractivity contribution is 6.02. The van der Waals surface area contributed by atoms with Gasteiger partial charge in [0.2, 0.25) is 5.91 Å². The molecule has 2 aromatic heterocycles. The summed E-state index contributed by atoms with van der Waals surface area (Å²) in [6.45, 7) is 5.05. The monoisotopic (exact) mass is 468 g/mol. The van der Waals surface area contributed by atoms with Gasteiger partial charge in [0.1, 0.15) is 13.1 Å². The van der Waals surface area contributed by atoms with E-state index in [0.29, 0.717) is 11.4 Å². The Bertz CT molecular complexity index is 1280. The van der Waals surface area contributed by atoms with Crippen LogP contribution in [0, 0.1) is 13.8 Å². The van der Waals surface area contributed by atoms with Gasteiger partial charge in [0.15, 0.2) is 0 Å². The second kappa shape index (κ2) is 10.2. The Morgan fingerprint density at radius 3 is 2.26 bits per heavy atom. The highest BCUT2D eigenvalue weighted by Crippen LogP contribution is 2.27. The SMILES string of the molecule is CC(=O)Nc1cccc2c1cc(C)n2CC(=O)O.Cc1cc2c(n1CC(=O)O)CCC/C2=N\O. The van der Waals surface area contributed by atoms with Crippen LogP contribution in [0.15, 0.2) is 35.5 Å². The number of aromatic nitrogens is 2. The molecule has 2 heterocycles. The molecule has 180 valence electrons. The second-order valence-corrected chi connectivity index (χ2v) is 8.21. The molecule has 0 saturated heterocycles. The van der Waals surface area contributed by atoms with Crippen LogP contribution in [0.25, 0.3) is 10.9 Å². The van der Waals surface area contributed by atoms with Crippen molar-refractivity contribution in [3.8, 4) is 0 Å². The average molecular weight is 469 g/mol. The number of benzene rings is 1. The van der Waals surface area contributed by atoms with Crippen molar-refractivity contribution < 1.29 is 29.8 Å². The van der Waals surface area contributed by atoms with Gasteiger partial charge < -0.3 is 29.9 Å². The van der Waals surface area contributed by atoms with Crippen molar-refractivity contribution in [1.29, 1.82) is 0 Å². The van der Waals surface area contributed by atoms with E-state index >= 15 is 0 Å². The molecule has 1 amide bonds. The van der Waals surface area contributed by atoms with E-state index in [-0.39, 0.29) is 19.0 Å². The Morgan fingerprint density at radius 1 is 1.00 bits per heavy atom. The van der Waals surface area contributed by atoms with Gasteiger partial charge in [-0.2, -0.15) is 0 Å². The normalized spacial score (nSPS) is 13.8. The molecule has 0 bridgehead atoms. The van der Waals surface area contributed by atoms with E-state index < -0.39 is 11.9 Å². The molecule has 34 heavy (non-hydrogen) atoms. The molecule has 0 fully saturated rings. The molecule has 4 N–H and O–H groups in total. The molecule has 10 nitrogen and oxygen atoms in total. The zero-order valence-corrected chi connectivity index (χ0v) is 19.3. The molecule has 10 heteroatoms. The number of carboxylic acids is 2. The van der Waals surface area contributed by atoms with Crippen molar-refractivity contribution >= 4 is 40.1 Å². The summed E-state index contributed by atoms with van der Waals surface area (Å²) in [6, 6.07) is 9.21. The van der Waals surface area contributed by atoms with Crippen molar-refractivity contribution in [3.63, 3.8) is 0 Å². The first-order valence-corrected chi connectivity index (χ1v) is 10.8. The molecule has 0 spiro atoms. The van der Waals surface area contributed by atoms with Gasteiger partial charge in [0.25, 0.3) is 0 Å². The number of hydrogen-bond donors (Lipinski definition) is 4. The lowest BCUT2D eigenvalue weighted by Crippen LogP contribution is -2.17. The maximum Gasteiger partial charge on any atom is 0.323 e. The third-order valence-electron chi connectivity index (χ3n) is 5.72. The largest absolute Gasteiger partial charge is 0.480 e. The average Bonchev–Trinajstić information content (AvgIpc) is 3.24. The number of carboxylic acid groups (broad SMARTS) is 2. The first-order chi connectivity index (χ1) is 16.1. The minimum absolute atomic E-state index is 0.0279. The predicted octanol–water partition coefficient (Wildman–Crippen LogP) is 3.39. The molecular formula is C24H28N4O6. The lowest BCUT2D eigenvalue weighted by Gasteiger charge is -2.15. The minimum Gasteiger partial charge on any atom is -0.480 e. The van der Waals surface area contributed by atoms with Crippen LogP contribution in [0.4, 0.5) is 5.69 Å². The van der Waals surface area contributed by atoms with Crippen LogP contribution in [0.3, 0.4) is 0 Å². The summed E-state index contributed by atoms with van der Waals surface area (Å²) in [7, 11) is 0. The fourth-order valence-corrected chi connectivity index (χ4v) is 4.33. The van der Waals surface area contributed by atoms with Gasteiger partial charge in [-0.05, 0) is 57.4 Å². The number of anilines is 1. The van der Waals surface area contributed by atoms with Gasteiger partial charge in [-0.15, -0.1) is 0 Å². The predicted molar refractivity (Wildman–Crippen MR) is 127 cm³/mol. The van der Waals surface area contributed by atoms with Crippen LogP contribution in [-0.4, -0.2) is 48.1 Å². The van der Waals surface area contributed by atoms with Crippen LogP contribution in [0.1, 0.15) is 42.4 Å². The van der Waals surface area contributed by atoms with E-state index in [0.717, 1.165) is 52.8 Å². The third kappa shape index (κ3) is 5.28. The van der Waals surface area contributed by atoms with Gasteiger partial charge in [0, 0.05) is 35.0 Å². The maximum absolute atomic E-state index is 11.1. The fourth-order valence-electron chi connectivity index (χ4n) is 4.33. The van der Waals surface area contributed by atoms with Crippen LogP contribution < -0.4 is 5.32 Å². The molecule has 0 unspecified atom stereocenters. The quantitative estimate of drug-likeness (QED) is 0.333. The fraction of sp³-hybridized carbons (Fsp3) is 0.333. The zero-order chi connectivity index (χ0) is 25.0. The maximum atomic E-state index is 11.1. The first kappa shape index (κ1) is 24.6. The summed E-state index contributed by atoms with van der Waals surface area (Å²) < 4.78 is 3.49. The summed E-state index contributed by atoms with van der Waals surface area (Å²) >= 11 is 0. The number of hydrogen-bond acceptors (Lipinski definition) is 5. The Balaban J connectivity index is 0.000000192. The Labute approximate surface area is 196 Å². The summed E-state index contributed by atoms with van der Waals surface area (Å²) in [5.41, 5.74) is 5.79. The number of aryl methyl sites for hydroxylation is 2. The number of oxime groups is 1. The number of amides is 1. The first-order valence-electron chi connectivity index (χ1n) is 10.8. The number of carbonyl (C=O) groups excluding carboxylic acids is 1. The van der Waals surface area contributed by atoms with Gasteiger partial charge in [-0.3, -0.25) is 14.4 Å². The minimum atomic E-state index is -0.888. The molecule has 0 atom stereocenters. The lowest BCUT2D eigenvalue weighted by molar-refractivity contribution is -0.138. The standard InChI is InChI=1S/C13H14N2O3.C11H14N2O3/c1-8-6-10-11(14-9(2)16)4-3-5-12(10)15(8)7-13(17)18;1-7-5-8-9(12-16)3-2-4-10(8)13(7)6-11(14)15/h3-6H,7H2,1-2H3,(H,14,16)(H,17,18);5,16H,2-4,6H2,1H3,(H,14,15)/b;12-9+. The molecule has 0 aliphatic heterocycles. The second-order valence-electron chi connectivity index (χ2n) is 8.21. The lowest BCUT2D eigenvalue weighted by atomic mass is 9.96. The number of carbonyl (C=O) groups is 3. The van der Waals surface area contributed by atoms with Gasteiger partial charge in [-0.25, -0.2) is 0 Å². The molecule has 1 aliphatic rings. The smallest absolute Gasteiger partial charge is 0.323 e. The van der Waals surface area contributed by atoms with E-state index in [1.807, 2.05) is 32.0 Å². The summed E-state index contributed by atoms with van der Waals surface area (Å²) in [5.74, 6) is -1.89. The summed E-state index contributed by atoms with van der Waals surface area (Å²) in [4.78, 5) is 32.7. The molecule has 3 aromatic rings. The molecule has 1 aromatic carbocycles. The van der Waals surface area contributed by atoms with Crippen LogP contribution >= 0.6 is 0 Å². The zero-order valence-electron chi connectivity index (χ0n) is 19.3. The third-order valence-corrected chi connectivity index (χ3v) is 5.72. The van der Waals surface area contributed by atoms with Crippen LogP contribution in [0.2, 0.25) is 0 Å². The number of rotatable bonds is 5. The van der Waals surface area contributed by atoms with Crippen molar-refractivity contribution in [3.05, 3.63) is 53.0 Å². The summed E-state index contributed by atoms with van der Waals surface area (Å²) in [5, 5.41) is 33.5. The summed E-state index contributed by atoms with van der Waals surface area (Å²) in [6.07, 6.45) is 2.49. The highest BCUT2D eigenvalue weighted by Gasteiger charge is 2.22. The number of fused-ring (bicyclic) bond motifs is 2. The van der Waals surface area contributed by atoms with Gasteiger partial charge in [-0.1, -0.05) is 11.2 Å². The van der Waals surface area contributed by atoms with Crippen molar-refractivity contribution in [2.24, 2.45) is 5.16 Å². The Hall–Kier alpha value is -4.08. The van der Waals surface area contributed by atoms with Gasteiger partial charge in [0.05, 0.1) is 16.9 Å².